The molecule has 0 aliphatic rings. The van der Waals surface area contributed by atoms with Gasteiger partial charge in [0.2, 0.25) is 0 Å². The second-order valence-electron chi connectivity index (χ2n) is 2.76. The molecule has 0 heterocycles. The Balaban J connectivity index is 3.25. The number of nitrogens with zero attached hydrogens (tertiary/aromatic N) is 1. The van der Waals surface area contributed by atoms with Crippen molar-refractivity contribution in [2.75, 3.05) is 13.1 Å². The lowest BCUT2D eigenvalue weighted by molar-refractivity contribution is -0.138. The van der Waals surface area contributed by atoms with Gasteiger partial charge in [-0.05, 0) is 19.3 Å². The summed E-state index contributed by atoms with van der Waals surface area (Å²) < 4.78 is 0. The second kappa shape index (κ2) is 7.70. The van der Waals surface area contributed by atoms with E-state index in [2.05, 4.69) is 4.99 Å². The van der Waals surface area contributed by atoms with E-state index in [-0.39, 0.29) is 0 Å². The molecule has 0 fully saturated rings. The Labute approximate surface area is 77.8 Å². The van der Waals surface area contributed by atoms with Gasteiger partial charge in [0.25, 0.3) is 0 Å². The second-order valence-corrected chi connectivity index (χ2v) is 2.76. The molecular weight excluding hydrogens is 170 g/mol. The molecule has 0 unspecified atom stereocenters. The lowest BCUT2D eigenvalue weighted by atomic mass is 10.1. The number of unbranched alkanes of at least 4 members (excludes halogenated alkanes) is 1. The van der Waals surface area contributed by atoms with Gasteiger partial charge in [0.15, 0.2) is 0 Å². The van der Waals surface area contributed by atoms with Crippen molar-refractivity contribution >= 4 is 12.2 Å². The van der Waals surface area contributed by atoms with E-state index >= 15 is 0 Å². The number of aliphatic carboxylic acids is 1. The van der Waals surface area contributed by atoms with Crippen LogP contribution in [0, 0.1) is 0 Å². The van der Waals surface area contributed by atoms with Gasteiger partial charge in [0, 0.05) is 19.3 Å². The van der Waals surface area contributed by atoms with Crippen LogP contribution in [0.3, 0.4) is 0 Å². The van der Waals surface area contributed by atoms with Crippen LogP contribution < -0.4 is 11.5 Å². The number of carbonyl (C=O) groups is 1. The van der Waals surface area contributed by atoms with E-state index in [1.807, 2.05) is 0 Å². The first kappa shape index (κ1) is 12.1. The highest BCUT2D eigenvalue weighted by molar-refractivity contribution is 5.72. The molecule has 1 atom stereocenters. The van der Waals surface area contributed by atoms with E-state index in [1.54, 1.807) is 6.21 Å². The van der Waals surface area contributed by atoms with E-state index in [1.165, 1.54) is 0 Å². The fourth-order valence-electron chi connectivity index (χ4n) is 0.857. The highest BCUT2D eigenvalue weighted by Crippen LogP contribution is 1.98. The lowest BCUT2D eigenvalue weighted by Gasteiger charge is -2.03. The van der Waals surface area contributed by atoms with Crippen molar-refractivity contribution in [2.24, 2.45) is 16.5 Å². The molecule has 76 valence electrons. The number of aliphatic imine (C=N–C) groups is 1. The summed E-state index contributed by atoms with van der Waals surface area (Å²) in [5.74, 6) is -0.939. The van der Waals surface area contributed by atoms with E-state index < -0.39 is 12.0 Å². The van der Waals surface area contributed by atoms with E-state index in [9.17, 15) is 4.79 Å². The molecule has 0 saturated carbocycles. The summed E-state index contributed by atoms with van der Waals surface area (Å²) in [6.07, 6.45) is 3.80. The van der Waals surface area contributed by atoms with Crippen molar-refractivity contribution in [2.45, 2.75) is 25.3 Å². The monoisotopic (exact) mass is 187 g/mol. The van der Waals surface area contributed by atoms with Crippen LogP contribution in [0.2, 0.25) is 0 Å². The smallest absolute Gasteiger partial charge is 0.320 e. The van der Waals surface area contributed by atoms with Crippen LogP contribution in [0.4, 0.5) is 0 Å². The molecule has 0 aliphatic carbocycles. The van der Waals surface area contributed by atoms with Crippen LogP contribution >= 0.6 is 0 Å². The van der Waals surface area contributed by atoms with Crippen LogP contribution in [0.25, 0.3) is 0 Å². The Morgan fingerprint density at radius 2 is 2.23 bits per heavy atom. The third-order valence-electron chi connectivity index (χ3n) is 1.60. The third-order valence-corrected chi connectivity index (χ3v) is 1.60. The topological polar surface area (TPSA) is 102 Å². The molecule has 0 aliphatic heterocycles. The number of hydrogen-bond donors (Lipinski definition) is 3. The highest BCUT2D eigenvalue weighted by atomic mass is 16.4. The van der Waals surface area contributed by atoms with Crippen LogP contribution in [0.15, 0.2) is 4.99 Å². The largest absolute Gasteiger partial charge is 0.480 e. The van der Waals surface area contributed by atoms with Gasteiger partial charge in [-0.15, -0.1) is 0 Å². The van der Waals surface area contributed by atoms with Crippen molar-refractivity contribution in [3.63, 3.8) is 0 Å². The molecule has 0 amide bonds. The van der Waals surface area contributed by atoms with Crippen molar-refractivity contribution in [1.82, 2.24) is 0 Å². The van der Waals surface area contributed by atoms with Crippen molar-refractivity contribution in [1.29, 1.82) is 0 Å². The number of hydrogen-bond acceptors (Lipinski definition) is 4. The minimum atomic E-state index is -0.939. The SMILES string of the molecule is NCC=NCCCC[C@H](N)C(=O)O. The van der Waals surface area contributed by atoms with Gasteiger partial charge in [-0.1, -0.05) is 0 Å². The van der Waals surface area contributed by atoms with Crippen LogP contribution in [0.1, 0.15) is 19.3 Å². The van der Waals surface area contributed by atoms with Gasteiger partial charge in [-0.2, -0.15) is 0 Å². The van der Waals surface area contributed by atoms with Crippen LogP contribution in [-0.4, -0.2) is 36.4 Å². The van der Waals surface area contributed by atoms with Gasteiger partial charge >= 0.3 is 5.97 Å². The first-order valence-corrected chi connectivity index (χ1v) is 4.35. The summed E-state index contributed by atoms with van der Waals surface area (Å²) in [5, 5.41) is 8.45. The lowest BCUT2D eigenvalue weighted by Crippen LogP contribution is -2.29. The van der Waals surface area contributed by atoms with Gasteiger partial charge in [-0.3, -0.25) is 9.79 Å². The Kier molecular flexibility index (Phi) is 7.14. The molecule has 13 heavy (non-hydrogen) atoms. The molecule has 0 rings (SSSR count). The quantitative estimate of drug-likeness (QED) is 0.372. The molecule has 0 bridgehead atoms. The molecule has 0 radical (unpaired) electrons. The average Bonchev–Trinajstić information content (AvgIpc) is 2.10. The Hall–Kier alpha value is -0.940. The summed E-state index contributed by atoms with van der Waals surface area (Å²) in [5.41, 5.74) is 10.5. The number of carboxylic acids is 1. The van der Waals surface area contributed by atoms with Crippen molar-refractivity contribution < 1.29 is 9.90 Å². The van der Waals surface area contributed by atoms with Gasteiger partial charge in [0.05, 0.1) is 0 Å². The van der Waals surface area contributed by atoms with E-state index in [0.29, 0.717) is 19.5 Å². The maximum absolute atomic E-state index is 10.3. The highest BCUT2D eigenvalue weighted by Gasteiger charge is 2.09. The Morgan fingerprint density at radius 1 is 1.54 bits per heavy atom. The first-order chi connectivity index (χ1) is 6.18. The van der Waals surface area contributed by atoms with Gasteiger partial charge in [-0.25, -0.2) is 0 Å². The number of rotatable bonds is 7. The van der Waals surface area contributed by atoms with Gasteiger partial charge < -0.3 is 16.6 Å². The van der Waals surface area contributed by atoms with Crippen LogP contribution in [0.5, 0.6) is 0 Å². The summed E-state index contributed by atoms with van der Waals surface area (Å²) >= 11 is 0. The molecule has 5 nitrogen and oxygen atoms in total. The maximum Gasteiger partial charge on any atom is 0.320 e. The molecule has 0 aromatic carbocycles. The third kappa shape index (κ3) is 7.42. The number of carboxylic acid groups (broad SMARTS) is 1. The summed E-state index contributed by atoms with van der Waals surface area (Å²) in [6, 6.07) is -0.738. The fraction of sp³-hybridized carbons (Fsp3) is 0.750. The van der Waals surface area contributed by atoms with Gasteiger partial charge in [0.1, 0.15) is 6.04 Å². The summed E-state index contributed by atoms with van der Waals surface area (Å²) in [6.45, 7) is 1.15. The molecule has 0 spiro atoms. The number of nitrogens with two attached hydrogens (primary N) is 2. The summed E-state index contributed by atoms with van der Waals surface area (Å²) in [7, 11) is 0. The maximum atomic E-state index is 10.3. The minimum absolute atomic E-state index is 0.453. The van der Waals surface area contributed by atoms with E-state index in [4.69, 9.17) is 16.6 Å². The predicted molar refractivity (Wildman–Crippen MR) is 51.9 cm³/mol. The normalized spacial score (nSPS) is 13.4. The molecule has 5 heteroatoms. The molecule has 5 N–H and O–H groups in total. The van der Waals surface area contributed by atoms with E-state index in [0.717, 1.165) is 12.8 Å². The zero-order chi connectivity index (χ0) is 10.1. The standard InChI is InChI=1S/C8H17N3O2/c9-4-6-11-5-2-1-3-7(10)8(12)13/h6-7H,1-5,9-10H2,(H,12,13)/t7-/m0/s1. The Bertz CT molecular complexity index is 171. The average molecular weight is 187 g/mol. The van der Waals surface area contributed by atoms with Crippen molar-refractivity contribution in [3.05, 3.63) is 0 Å². The predicted octanol–water partition coefficient (Wildman–Crippen LogP) is -0.402. The summed E-state index contributed by atoms with van der Waals surface area (Å²) in [4.78, 5) is 14.3. The molecule has 0 aromatic heterocycles. The first-order valence-electron chi connectivity index (χ1n) is 4.35. The molecule has 0 aromatic rings. The Morgan fingerprint density at radius 3 is 2.77 bits per heavy atom. The molecule has 0 saturated heterocycles. The minimum Gasteiger partial charge on any atom is -0.480 e. The zero-order valence-corrected chi connectivity index (χ0v) is 7.65. The van der Waals surface area contributed by atoms with Crippen molar-refractivity contribution in [3.8, 4) is 0 Å². The zero-order valence-electron chi connectivity index (χ0n) is 7.65. The fourth-order valence-corrected chi connectivity index (χ4v) is 0.857. The molecular formula is C8H17N3O2. The van der Waals surface area contributed by atoms with Crippen LogP contribution in [-0.2, 0) is 4.79 Å².